The van der Waals surface area contributed by atoms with Gasteiger partial charge in [-0.25, -0.2) is 9.37 Å². The topological polar surface area (TPSA) is 37.0 Å². The molecule has 0 aliphatic carbocycles. The highest BCUT2D eigenvalue weighted by molar-refractivity contribution is 5.57. The van der Waals surface area contributed by atoms with Crippen LogP contribution in [0.5, 0.6) is 0 Å². The van der Waals surface area contributed by atoms with Gasteiger partial charge in [-0.05, 0) is 36.8 Å². The smallest absolute Gasteiger partial charge is 0.132 e. The third kappa shape index (κ3) is 3.45. The van der Waals surface area contributed by atoms with E-state index in [-0.39, 0.29) is 5.82 Å². The predicted molar refractivity (Wildman–Crippen MR) is 72.7 cm³/mol. The van der Waals surface area contributed by atoms with Crippen molar-refractivity contribution in [2.24, 2.45) is 0 Å². The van der Waals surface area contributed by atoms with E-state index in [2.05, 4.69) is 22.5 Å². The molecule has 2 rings (SSSR count). The van der Waals surface area contributed by atoms with Gasteiger partial charge in [0.2, 0.25) is 0 Å². The van der Waals surface area contributed by atoms with Gasteiger partial charge in [0, 0.05) is 12.2 Å². The minimum Gasteiger partial charge on any atom is -0.370 e. The standard InChI is InChI=1S/C14H16FN3/c1-2-9-16-13-7-4-8-14(18-13)17-12-6-3-5-11(15)10-12/h3-8,10H,2,9H2,1H3,(H2,16,17,18). The van der Waals surface area contributed by atoms with Crippen molar-refractivity contribution >= 4 is 17.3 Å². The van der Waals surface area contributed by atoms with Gasteiger partial charge < -0.3 is 10.6 Å². The third-order valence-electron chi connectivity index (χ3n) is 2.40. The van der Waals surface area contributed by atoms with Crippen LogP contribution in [0.15, 0.2) is 42.5 Å². The summed E-state index contributed by atoms with van der Waals surface area (Å²) in [6.07, 6.45) is 1.04. The van der Waals surface area contributed by atoms with E-state index >= 15 is 0 Å². The number of nitrogens with zero attached hydrogens (tertiary/aromatic N) is 1. The van der Waals surface area contributed by atoms with Gasteiger partial charge in [-0.3, -0.25) is 0 Å². The van der Waals surface area contributed by atoms with Crippen molar-refractivity contribution < 1.29 is 4.39 Å². The van der Waals surface area contributed by atoms with Gasteiger partial charge >= 0.3 is 0 Å². The minimum absolute atomic E-state index is 0.264. The van der Waals surface area contributed by atoms with Crippen LogP contribution >= 0.6 is 0 Å². The van der Waals surface area contributed by atoms with Crippen molar-refractivity contribution in [3.05, 3.63) is 48.3 Å². The molecule has 94 valence electrons. The molecule has 1 aromatic carbocycles. The molecule has 0 radical (unpaired) electrons. The molecule has 0 unspecified atom stereocenters. The van der Waals surface area contributed by atoms with Crippen molar-refractivity contribution in [3.8, 4) is 0 Å². The Morgan fingerprint density at radius 3 is 2.67 bits per heavy atom. The summed E-state index contributed by atoms with van der Waals surface area (Å²) in [6.45, 7) is 2.98. The Bertz CT molecular complexity index is 514. The zero-order valence-electron chi connectivity index (χ0n) is 10.3. The molecule has 0 amide bonds. The molecule has 0 fully saturated rings. The lowest BCUT2D eigenvalue weighted by molar-refractivity contribution is 0.628. The zero-order valence-corrected chi connectivity index (χ0v) is 10.3. The number of hydrogen-bond donors (Lipinski definition) is 2. The van der Waals surface area contributed by atoms with Gasteiger partial charge in [-0.15, -0.1) is 0 Å². The minimum atomic E-state index is -0.264. The van der Waals surface area contributed by atoms with E-state index in [1.807, 2.05) is 18.2 Å². The lowest BCUT2D eigenvalue weighted by Gasteiger charge is -2.08. The van der Waals surface area contributed by atoms with E-state index < -0.39 is 0 Å². The molecule has 0 spiro atoms. The molecule has 0 atom stereocenters. The van der Waals surface area contributed by atoms with Crippen LogP contribution in [-0.2, 0) is 0 Å². The summed E-state index contributed by atoms with van der Waals surface area (Å²) in [5.41, 5.74) is 0.690. The normalized spacial score (nSPS) is 10.1. The van der Waals surface area contributed by atoms with Gasteiger partial charge in [0.1, 0.15) is 17.5 Å². The molecule has 2 aromatic rings. The number of nitrogens with one attached hydrogen (secondary N) is 2. The fourth-order valence-corrected chi connectivity index (χ4v) is 1.57. The summed E-state index contributed by atoms with van der Waals surface area (Å²) in [5, 5.41) is 6.28. The highest BCUT2D eigenvalue weighted by Gasteiger charge is 1.99. The van der Waals surface area contributed by atoms with Crippen LogP contribution in [0.25, 0.3) is 0 Å². The number of aromatic nitrogens is 1. The maximum atomic E-state index is 13.0. The van der Waals surface area contributed by atoms with Crippen LogP contribution in [-0.4, -0.2) is 11.5 Å². The second-order valence-corrected chi connectivity index (χ2v) is 3.97. The number of anilines is 3. The number of halogens is 1. The molecule has 1 aromatic heterocycles. The Kier molecular flexibility index (Phi) is 4.12. The summed E-state index contributed by atoms with van der Waals surface area (Å²) >= 11 is 0. The molecular weight excluding hydrogens is 229 g/mol. The molecule has 0 aliphatic heterocycles. The molecule has 2 N–H and O–H groups in total. The molecule has 1 heterocycles. The van der Waals surface area contributed by atoms with Gasteiger partial charge in [0.05, 0.1) is 0 Å². The Morgan fingerprint density at radius 2 is 1.89 bits per heavy atom. The van der Waals surface area contributed by atoms with Crippen molar-refractivity contribution in [1.82, 2.24) is 4.98 Å². The van der Waals surface area contributed by atoms with Crippen molar-refractivity contribution in [3.63, 3.8) is 0 Å². The van der Waals surface area contributed by atoms with Crippen LogP contribution < -0.4 is 10.6 Å². The SMILES string of the molecule is CCCNc1cccc(Nc2cccc(F)c2)n1. The fourth-order valence-electron chi connectivity index (χ4n) is 1.57. The summed E-state index contributed by atoms with van der Waals surface area (Å²) in [5.74, 6) is 1.25. The van der Waals surface area contributed by atoms with Gasteiger partial charge in [-0.2, -0.15) is 0 Å². The number of benzene rings is 1. The molecule has 0 aliphatic rings. The lowest BCUT2D eigenvalue weighted by atomic mass is 10.3. The lowest BCUT2D eigenvalue weighted by Crippen LogP contribution is -2.03. The van der Waals surface area contributed by atoms with E-state index in [1.165, 1.54) is 12.1 Å². The maximum Gasteiger partial charge on any atom is 0.132 e. The first-order valence-corrected chi connectivity index (χ1v) is 6.01. The molecule has 3 nitrogen and oxygen atoms in total. The average molecular weight is 245 g/mol. The summed E-state index contributed by atoms with van der Waals surface area (Å²) in [4.78, 5) is 4.39. The average Bonchev–Trinajstić information content (AvgIpc) is 2.37. The Hall–Kier alpha value is -2.10. The first kappa shape index (κ1) is 12.4. The fraction of sp³-hybridized carbons (Fsp3) is 0.214. The van der Waals surface area contributed by atoms with Crippen LogP contribution in [0.3, 0.4) is 0 Å². The Morgan fingerprint density at radius 1 is 1.11 bits per heavy atom. The first-order chi connectivity index (χ1) is 8.78. The quantitative estimate of drug-likeness (QED) is 0.841. The predicted octanol–water partition coefficient (Wildman–Crippen LogP) is 3.79. The summed E-state index contributed by atoms with van der Waals surface area (Å²) < 4.78 is 13.0. The second-order valence-electron chi connectivity index (χ2n) is 3.97. The highest BCUT2D eigenvalue weighted by Crippen LogP contribution is 2.17. The molecule has 4 heteroatoms. The monoisotopic (exact) mass is 245 g/mol. The van der Waals surface area contributed by atoms with Crippen LogP contribution in [0.1, 0.15) is 13.3 Å². The second kappa shape index (κ2) is 6.00. The highest BCUT2D eigenvalue weighted by atomic mass is 19.1. The zero-order chi connectivity index (χ0) is 12.8. The molecule has 0 bridgehead atoms. The Balaban J connectivity index is 2.09. The van der Waals surface area contributed by atoms with E-state index in [9.17, 15) is 4.39 Å². The number of pyridine rings is 1. The first-order valence-electron chi connectivity index (χ1n) is 6.01. The Labute approximate surface area is 106 Å². The van der Waals surface area contributed by atoms with Gasteiger partial charge in [0.15, 0.2) is 0 Å². The summed E-state index contributed by atoms with van der Waals surface area (Å²) in [7, 11) is 0. The summed E-state index contributed by atoms with van der Waals surface area (Å²) in [6, 6.07) is 12.0. The van der Waals surface area contributed by atoms with E-state index in [4.69, 9.17) is 0 Å². The van der Waals surface area contributed by atoms with E-state index in [0.717, 1.165) is 18.8 Å². The van der Waals surface area contributed by atoms with Crippen LogP contribution in [0, 0.1) is 5.82 Å². The largest absolute Gasteiger partial charge is 0.370 e. The maximum absolute atomic E-state index is 13.0. The van der Waals surface area contributed by atoms with Crippen LogP contribution in [0.4, 0.5) is 21.7 Å². The number of rotatable bonds is 5. The molecular formula is C14H16FN3. The van der Waals surface area contributed by atoms with Crippen molar-refractivity contribution in [1.29, 1.82) is 0 Å². The molecule has 0 saturated carbocycles. The van der Waals surface area contributed by atoms with Crippen molar-refractivity contribution in [2.75, 3.05) is 17.2 Å². The third-order valence-corrected chi connectivity index (χ3v) is 2.40. The van der Waals surface area contributed by atoms with E-state index in [1.54, 1.807) is 12.1 Å². The number of hydrogen-bond acceptors (Lipinski definition) is 3. The molecule has 18 heavy (non-hydrogen) atoms. The van der Waals surface area contributed by atoms with E-state index in [0.29, 0.717) is 11.5 Å². The van der Waals surface area contributed by atoms with Gasteiger partial charge in [-0.1, -0.05) is 19.1 Å². The molecule has 0 saturated heterocycles. The van der Waals surface area contributed by atoms with Gasteiger partial charge in [0.25, 0.3) is 0 Å². The van der Waals surface area contributed by atoms with Crippen molar-refractivity contribution in [2.45, 2.75) is 13.3 Å². The van der Waals surface area contributed by atoms with Crippen LogP contribution in [0.2, 0.25) is 0 Å².